The van der Waals surface area contributed by atoms with Crippen LogP contribution in [0.5, 0.6) is 5.88 Å². The highest BCUT2D eigenvalue weighted by atomic mass is 19.1. The molecule has 0 radical (unpaired) electrons. The summed E-state index contributed by atoms with van der Waals surface area (Å²) in [6.07, 6.45) is 11.8. The molecule has 4 nitrogen and oxygen atoms in total. The van der Waals surface area contributed by atoms with Gasteiger partial charge in [-0.05, 0) is 81.0 Å². The average molecular weight is 483 g/mol. The number of hydrogen-bond acceptors (Lipinski definition) is 4. The quantitative estimate of drug-likeness (QED) is 0.354. The van der Waals surface area contributed by atoms with Crippen LogP contribution in [0.3, 0.4) is 0 Å². The van der Waals surface area contributed by atoms with E-state index in [1.54, 1.807) is 25.3 Å². The maximum absolute atomic E-state index is 14.7. The van der Waals surface area contributed by atoms with Crippen molar-refractivity contribution in [1.82, 2.24) is 9.97 Å². The summed E-state index contributed by atoms with van der Waals surface area (Å²) in [4.78, 5) is 8.61. The molecule has 3 fully saturated rings. The van der Waals surface area contributed by atoms with Crippen molar-refractivity contribution >= 4 is 17.1 Å². The van der Waals surface area contributed by atoms with E-state index in [0.29, 0.717) is 35.5 Å². The van der Waals surface area contributed by atoms with Gasteiger partial charge in [-0.15, -0.1) is 0 Å². The molecule has 0 spiro atoms. The van der Waals surface area contributed by atoms with Gasteiger partial charge in [0.2, 0.25) is 5.88 Å². The second kappa shape index (κ2) is 9.61. The second-order valence-corrected chi connectivity index (χ2v) is 9.88. The molecule has 2 aromatic heterocycles. The van der Waals surface area contributed by atoms with Gasteiger partial charge in [0, 0.05) is 17.2 Å². The van der Waals surface area contributed by atoms with Crippen LogP contribution in [0.2, 0.25) is 0 Å². The highest BCUT2D eigenvalue weighted by Gasteiger charge is 2.48. The SMILES string of the molecule is COc1ccc2ncc(F)c(CCC34CCC(CC/C=C/c5cc(F)ccc5F)(CC3)CO4)c2n1. The first-order valence-corrected chi connectivity index (χ1v) is 12.1. The van der Waals surface area contributed by atoms with Crippen LogP contribution in [0.25, 0.3) is 17.1 Å². The van der Waals surface area contributed by atoms with E-state index in [1.807, 2.05) is 6.08 Å². The minimum absolute atomic E-state index is 0.121. The molecule has 6 rings (SSSR count). The van der Waals surface area contributed by atoms with Crippen molar-refractivity contribution in [3.63, 3.8) is 0 Å². The van der Waals surface area contributed by atoms with Crippen molar-refractivity contribution in [3.8, 4) is 5.88 Å². The molecule has 2 saturated heterocycles. The number of pyridine rings is 2. The van der Waals surface area contributed by atoms with Gasteiger partial charge in [0.05, 0.1) is 36.5 Å². The number of aryl methyl sites for hydroxylation is 1. The van der Waals surface area contributed by atoms with Crippen LogP contribution in [-0.4, -0.2) is 29.3 Å². The third kappa shape index (κ3) is 4.92. The molecule has 3 aromatic rings. The topological polar surface area (TPSA) is 44.2 Å². The lowest BCUT2D eigenvalue weighted by molar-refractivity contribution is -0.187. The van der Waals surface area contributed by atoms with Gasteiger partial charge in [-0.2, -0.15) is 0 Å². The van der Waals surface area contributed by atoms with Crippen LogP contribution in [0.4, 0.5) is 13.2 Å². The Morgan fingerprint density at radius 3 is 2.60 bits per heavy atom. The van der Waals surface area contributed by atoms with Crippen LogP contribution in [-0.2, 0) is 11.2 Å². The highest BCUT2D eigenvalue weighted by Crippen LogP contribution is 2.52. The van der Waals surface area contributed by atoms with Gasteiger partial charge < -0.3 is 9.47 Å². The fraction of sp³-hybridized carbons (Fsp3) is 0.429. The number of benzene rings is 1. The number of rotatable bonds is 8. The molecule has 0 N–H and O–H groups in total. The lowest BCUT2D eigenvalue weighted by atomic mass is 9.63. The normalized spacial score (nSPS) is 23.9. The number of halogens is 3. The predicted octanol–water partition coefficient (Wildman–Crippen LogP) is 6.81. The monoisotopic (exact) mass is 482 g/mol. The molecule has 184 valence electrons. The van der Waals surface area contributed by atoms with Crippen molar-refractivity contribution in [2.45, 2.75) is 57.0 Å². The Bertz CT molecular complexity index is 1240. The number of fused-ring (bicyclic) bond motifs is 4. The highest BCUT2D eigenvalue weighted by molar-refractivity contribution is 5.78. The molecule has 2 bridgehead atoms. The van der Waals surface area contributed by atoms with E-state index in [0.717, 1.165) is 57.1 Å². The van der Waals surface area contributed by atoms with Gasteiger partial charge in [-0.1, -0.05) is 12.2 Å². The van der Waals surface area contributed by atoms with Crippen molar-refractivity contribution in [2.24, 2.45) is 5.41 Å². The largest absolute Gasteiger partial charge is 0.481 e. The van der Waals surface area contributed by atoms with Gasteiger partial charge in [0.1, 0.15) is 17.5 Å². The zero-order valence-corrected chi connectivity index (χ0v) is 19.8. The van der Waals surface area contributed by atoms with E-state index in [2.05, 4.69) is 9.97 Å². The molecular weight excluding hydrogens is 453 g/mol. The third-order valence-corrected chi connectivity index (χ3v) is 7.78. The molecule has 0 amide bonds. The standard InChI is InChI=1S/C28H29F3N2O2/c1-34-25-8-7-24-26(33-25)21(23(31)17-32-24)9-11-28-14-12-27(13-15-28,18-35-28)10-3-2-4-19-16-20(29)5-6-22(19)30/h2,4-8,16-17H,3,9-15,18H2,1H3/b4-2+. The molecule has 4 heterocycles. The van der Waals surface area contributed by atoms with Gasteiger partial charge >= 0.3 is 0 Å². The Balaban J connectivity index is 1.20. The van der Waals surface area contributed by atoms with E-state index < -0.39 is 11.6 Å². The Morgan fingerprint density at radius 1 is 1.03 bits per heavy atom. The molecule has 1 saturated carbocycles. The number of allylic oxidation sites excluding steroid dienone is 1. The van der Waals surface area contributed by atoms with Gasteiger partial charge in [-0.25, -0.2) is 18.2 Å². The fourth-order valence-corrected chi connectivity index (χ4v) is 5.50. The lowest BCUT2D eigenvalue weighted by Gasteiger charge is -2.53. The Kier molecular flexibility index (Phi) is 6.53. The average Bonchev–Trinajstić information content (AvgIpc) is 2.89. The fourth-order valence-electron chi connectivity index (χ4n) is 5.50. The summed E-state index contributed by atoms with van der Waals surface area (Å²) in [6.45, 7) is 0.681. The molecule has 0 unspecified atom stereocenters. The van der Waals surface area contributed by atoms with E-state index in [1.165, 1.54) is 12.3 Å². The molecule has 1 aliphatic carbocycles. The maximum atomic E-state index is 14.7. The maximum Gasteiger partial charge on any atom is 0.213 e. The van der Waals surface area contributed by atoms with Gasteiger partial charge in [0.25, 0.3) is 0 Å². The Morgan fingerprint density at radius 2 is 1.86 bits per heavy atom. The number of aromatic nitrogens is 2. The zero-order chi connectivity index (χ0) is 24.5. The Labute approximate surface area is 203 Å². The second-order valence-electron chi connectivity index (χ2n) is 9.88. The summed E-state index contributed by atoms with van der Waals surface area (Å²) in [6, 6.07) is 7.01. The van der Waals surface area contributed by atoms with Crippen molar-refractivity contribution < 1.29 is 22.6 Å². The molecule has 1 aromatic carbocycles. The smallest absolute Gasteiger partial charge is 0.213 e. The van der Waals surface area contributed by atoms with E-state index in [-0.39, 0.29) is 22.4 Å². The third-order valence-electron chi connectivity index (χ3n) is 7.78. The molecular formula is C28H29F3N2O2. The summed E-state index contributed by atoms with van der Waals surface area (Å²) in [5.41, 5.74) is 1.91. The van der Waals surface area contributed by atoms with Crippen LogP contribution in [0.1, 0.15) is 56.1 Å². The molecule has 0 atom stereocenters. The minimum Gasteiger partial charge on any atom is -0.481 e. The number of methoxy groups -OCH3 is 1. The van der Waals surface area contributed by atoms with Crippen LogP contribution < -0.4 is 4.74 Å². The van der Waals surface area contributed by atoms with E-state index in [4.69, 9.17) is 9.47 Å². The predicted molar refractivity (Wildman–Crippen MR) is 129 cm³/mol. The summed E-state index contributed by atoms with van der Waals surface area (Å²) >= 11 is 0. The first-order valence-electron chi connectivity index (χ1n) is 12.1. The van der Waals surface area contributed by atoms with Crippen LogP contribution in [0, 0.1) is 22.9 Å². The number of nitrogens with zero attached hydrogens (tertiary/aromatic N) is 2. The lowest BCUT2D eigenvalue weighted by Crippen LogP contribution is -2.51. The molecule has 7 heteroatoms. The minimum atomic E-state index is -0.441. The summed E-state index contributed by atoms with van der Waals surface area (Å²) < 4.78 is 53.5. The van der Waals surface area contributed by atoms with Crippen LogP contribution in [0.15, 0.2) is 42.6 Å². The van der Waals surface area contributed by atoms with Gasteiger partial charge in [0.15, 0.2) is 0 Å². The summed E-state index contributed by atoms with van der Waals surface area (Å²) in [5.74, 6) is -0.771. The summed E-state index contributed by atoms with van der Waals surface area (Å²) in [7, 11) is 1.54. The summed E-state index contributed by atoms with van der Waals surface area (Å²) in [5, 5.41) is 0. The molecule has 35 heavy (non-hydrogen) atoms. The van der Waals surface area contributed by atoms with E-state index in [9.17, 15) is 13.2 Å². The Hall–Kier alpha value is -2.93. The van der Waals surface area contributed by atoms with E-state index >= 15 is 0 Å². The first kappa shape index (κ1) is 23.8. The number of ether oxygens (including phenoxy) is 2. The van der Waals surface area contributed by atoms with Crippen molar-refractivity contribution in [1.29, 1.82) is 0 Å². The zero-order valence-electron chi connectivity index (χ0n) is 19.8. The van der Waals surface area contributed by atoms with Gasteiger partial charge in [-0.3, -0.25) is 4.98 Å². The van der Waals surface area contributed by atoms with Crippen molar-refractivity contribution in [3.05, 3.63) is 71.2 Å². The number of hydrogen-bond donors (Lipinski definition) is 0. The molecule has 2 aliphatic heterocycles. The first-order chi connectivity index (χ1) is 16.9. The van der Waals surface area contributed by atoms with Crippen LogP contribution >= 0.6 is 0 Å². The van der Waals surface area contributed by atoms with Crippen molar-refractivity contribution in [2.75, 3.05) is 13.7 Å². The molecule has 3 aliphatic rings.